The van der Waals surface area contributed by atoms with Gasteiger partial charge in [-0.1, -0.05) is 36.4 Å². The molecule has 1 amide bonds. The largest absolute Gasteiger partial charge is 0.416 e. The fraction of sp³-hybridized carbons (Fsp3) is 0.0357. The maximum absolute atomic E-state index is 13.0. The molecule has 0 atom stereocenters. The number of halogens is 3. The maximum atomic E-state index is 13.0. The van der Waals surface area contributed by atoms with Gasteiger partial charge < -0.3 is 11.1 Å². The second-order valence-corrected chi connectivity index (χ2v) is 7.84. The van der Waals surface area contributed by atoms with E-state index >= 15 is 0 Å². The van der Waals surface area contributed by atoms with Crippen LogP contribution in [-0.4, -0.2) is 16.7 Å². The molecule has 5 nitrogen and oxygen atoms in total. The number of rotatable bonds is 6. The Hall–Kier alpha value is -4.72. The first-order chi connectivity index (χ1) is 17.2. The maximum Gasteiger partial charge on any atom is 0.416 e. The van der Waals surface area contributed by atoms with Crippen LogP contribution >= 0.6 is 0 Å². The summed E-state index contributed by atoms with van der Waals surface area (Å²) in [5, 5.41) is 2.76. The van der Waals surface area contributed by atoms with Gasteiger partial charge in [0, 0.05) is 16.8 Å². The zero-order chi connectivity index (χ0) is 25.7. The smallest absolute Gasteiger partial charge is 0.384 e. The van der Waals surface area contributed by atoms with Crippen molar-refractivity contribution in [3.8, 4) is 11.1 Å². The van der Waals surface area contributed by atoms with Gasteiger partial charge in [0.1, 0.15) is 5.82 Å². The minimum Gasteiger partial charge on any atom is -0.384 e. The van der Waals surface area contributed by atoms with Crippen LogP contribution in [0.2, 0.25) is 0 Å². The Morgan fingerprint density at radius 2 is 1.53 bits per heavy atom. The molecule has 0 fully saturated rings. The first kappa shape index (κ1) is 24.4. The number of carbonyl (C=O) groups is 2. The third kappa shape index (κ3) is 5.85. The molecule has 0 saturated heterocycles. The molecular formula is C28H20F3N3O2. The lowest BCUT2D eigenvalue weighted by Crippen LogP contribution is -2.13. The predicted molar refractivity (Wildman–Crippen MR) is 133 cm³/mol. The molecule has 3 aromatic carbocycles. The topological polar surface area (TPSA) is 85.1 Å². The third-order valence-corrected chi connectivity index (χ3v) is 5.32. The molecule has 4 rings (SSSR count). The Morgan fingerprint density at radius 3 is 2.19 bits per heavy atom. The van der Waals surface area contributed by atoms with Crippen LogP contribution in [0.1, 0.15) is 32.0 Å². The highest BCUT2D eigenvalue weighted by Crippen LogP contribution is 2.32. The number of nitrogens with two attached hydrogens (primary N) is 1. The van der Waals surface area contributed by atoms with E-state index in [1.807, 2.05) is 0 Å². The van der Waals surface area contributed by atoms with E-state index in [1.165, 1.54) is 18.2 Å². The van der Waals surface area contributed by atoms with E-state index in [2.05, 4.69) is 10.3 Å². The van der Waals surface area contributed by atoms with Crippen LogP contribution in [0.25, 0.3) is 17.2 Å². The van der Waals surface area contributed by atoms with Crippen molar-refractivity contribution < 1.29 is 22.8 Å². The molecule has 0 aliphatic rings. The minimum atomic E-state index is -4.44. The Labute approximate surface area is 205 Å². The number of hydrogen-bond acceptors (Lipinski definition) is 4. The van der Waals surface area contributed by atoms with Crippen molar-refractivity contribution in [2.24, 2.45) is 0 Å². The lowest BCUT2D eigenvalue weighted by atomic mass is 9.98. The summed E-state index contributed by atoms with van der Waals surface area (Å²) in [7, 11) is 0. The highest BCUT2D eigenvalue weighted by atomic mass is 19.4. The molecule has 36 heavy (non-hydrogen) atoms. The third-order valence-electron chi connectivity index (χ3n) is 5.32. The summed E-state index contributed by atoms with van der Waals surface area (Å²) in [5.74, 6) is -0.327. The SMILES string of the molecule is Nc1cccc(C=CC(=O)c2ccc(NC(=O)c3ccccc3-c3ccc(C(F)(F)F)cc3)cc2)n1. The first-order valence-corrected chi connectivity index (χ1v) is 10.8. The number of nitrogens with one attached hydrogen (secondary N) is 1. The van der Waals surface area contributed by atoms with Gasteiger partial charge >= 0.3 is 6.18 Å². The molecule has 0 unspecified atom stereocenters. The summed E-state index contributed by atoms with van der Waals surface area (Å²) >= 11 is 0. The average molecular weight is 487 g/mol. The number of aromatic nitrogens is 1. The minimum absolute atomic E-state index is 0.246. The molecular weight excluding hydrogens is 467 g/mol. The summed E-state index contributed by atoms with van der Waals surface area (Å²) in [6.07, 6.45) is -1.49. The molecule has 1 heterocycles. The molecule has 0 radical (unpaired) electrons. The number of allylic oxidation sites excluding steroid dienone is 1. The molecule has 0 spiro atoms. The average Bonchev–Trinajstić information content (AvgIpc) is 2.87. The summed E-state index contributed by atoms with van der Waals surface area (Å²) in [6, 6.07) is 22.7. The van der Waals surface area contributed by atoms with Gasteiger partial charge in [-0.15, -0.1) is 0 Å². The van der Waals surface area contributed by atoms with E-state index in [9.17, 15) is 22.8 Å². The Balaban J connectivity index is 1.47. The van der Waals surface area contributed by atoms with Crippen molar-refractivity contribution in [1.82, 2.24) is 4.98 Å². The fourth-order valence-electron chi connectivity index (χ4n) is 3.51. The lowest BCUT2D eigenvalue weighted by Gasteiger charge is -2.12. The molecule has 0 saturated carbocycles. The van der Waals surface area contributed by atoms with E-state index in [0.29, 0.717) is 39.5 Å². The number of hydrogen-bond donors (Lipinski definition) is 2. The van der Waals surface area contributed by atoms with Crippen LogP contribution in [-0.2, 0) is 6.18 Å². The summed E-state index contributed by atoms with van der Waals surface area (Å²) in [5.41, 5.74) is 7.58. The molecule has 4 aromatic rings. The normalized spacial score (nSPS) is 11.4. The van der Waals surface area contributed by atoms with Gasteiger partial charge in [-0.3, -0.25) is 9.59 Å². The van der Waals surface area contributed by atoms with Gasteiger partial charge in [-0.2, -0.15) is 13.2 Å². The number of amides is 1. The second-order valence-electron chi connectivity index (χ2n) is 7.84. The van der Waals surface area contributed by atoms with Crippen LogP contribution in [0.4, 0.5) is 24.7 Å². The van der Waals surface area contributed by atoms with Crippen LogP contribution < -0.4 is 11.1 Å². The van der Waals surface area contributed by atoms with Gasteiger partial charge in [0.15, 0.2) is 5.78 Å². The first-order valence-electron chi connectivity index (χ1n) is 10.8. The monoisotopic (exact) mass is 487 g/mol. The zero-order valence-electron chi connectivity index (χ0n) is 18.8. The number of ketones is 1. The van der Waals surface area contributed by atoms with Crippen molar-refractivity contribution in [2.75, 3.05) is 11.1 Å². The van der Waals surface area contributed by atoms with Crippen LogP contribution in [0, 0.1) is 0 Å². The second kappa shape index (κ2) is 10.3. The Bertz CT molecular complexity index is 1430. The molecule has 1 aromatic heterocycles. The lowest BCUT2D eigenvalue weighted by molar-refractivity contribution is -0.137. The number of anilines is 2. The summed E-state index contributed by atoms with van der Waals surface area (Å²) < 4.78 is 38.7. The number of benzene rings is 3. The van der Waals surface area contributed by atoms with E-state index in [-0.39, 0.29) is 5.78 Å². The van der Waals surface area contributed by atoms with Crippen molar-refractivity contribution in [3.05, 3.63) is 119 Å². The molecule has 0 aliphatic heterocycles. The quantitative estimate of drug-likeness (QED) is 0.240. The Kier molecular flexibility index (Phi) is 6.96. The van der Waals surface area contributed by atoms with Crippen LogP contribution in [0.3, 0.4) is 0 Å². The summed E-state index contributed by atoms with van der Waals surface area (Å²) in [6.45, 7) is 0. The standard InChI is InChI=1S/C28H20F3N3O2/c29-28(30,31)20-12-8-18(9-13-20)23-5-1-2-6-24(23)27(36)34-22-14-10-19(11-15-22)25(35)17-16-21-4-3-7-26(32)33-21/h1-17H,(H2,32,33)(H,34,36). The zero-order valence-corrected chi connectivity index (χ0v) is 18.8. The predicted octanol–water partition coefficient (Wildman–Crippen LogP) is 6.50. The molecule has 3 N–H and O–H groups in total. The highest BCUT2D eigenvalue weighted by molar-refractivity contribution is 6.09. The fourth-order valence-corrected chi connectivity index (χ4v) is 3.51. The number of alkyl halides is 3. The van der Waals surface area contributed by atoms with Gasteiger partial charge in [0.2, 0.25) is 0 Å². The van der Waals surface area contributed by atoms with Crippen molar-refractivity contribution in [2.45, 2.75) is 6.18 Å². The van der Waals surface area contributed by atoms with Crippen molar-refractivity contribution in [1.29, 1.82) is 0 Å². The van der Waals surface area contributed by atoms with Gasteiger partial charge in [-0.05, 0) is 77.9 Å². The van der Waals surface area contributed by atoms with E-state index in [4.69, 9.17) is 5.73 Å². The number of nitrogen functional groups attached to an aromatic ring is 1. The van der Waals surface area contributed by atoms with Crippen LogP contribution in [0.5, 0.6) is 0 Å². The van der Waals surface area contributed by atoms with Gasteiger partial charge in [-0.25, -0.2) is 4.98 Å². The number of carbonyl (C=O) groups excluding carboxylic acids is 2. The van der Waals surface area contributed by atoms with E-state index < -0.39 is 17.6 Å². The molecule has 0 aliphatic carbocycles. The highest BCUT2D eigenvalue weighted by Gasteiger charge is 2.30. The summed E-state index contributed by atoms with van der Waals surface area (Å²) in [4.78, 5) is 29.5. The van der Waals surface area contributed by atoms with Gasteiger partial charge in [0.05, 0.1) is 11.3 Å². The van der Waals surface area contributed by atoms with E-state index in [1.54, 1.807) is 72.8 Å². The number of pyridine rings is 1. The van der Waals surface area contributed by atoms with Crippen molar-refractivity contribution >= 4 is 29.3 Å². The number of nitrogens with zero attached hydrogens (tertiary/aromatic N) is 1. The van der Waals surface area contributed by atoms with Crippen LogP contribution in [0.15, 0.2) is 97.1 Å². The molecule has 180 valence electrons. The van der Waals surface area contributed by atoms with Gasteiger partial charge in [0.25, 0.3) is 5.91 Å². The Morgan fingerprint density at radius 1 is 0.833 bits per heavy atom. The van der Waals surface area contributed by atoms with E-state index in [0.717, 1.165) is 12.1 Å². The van der Waals surface area contributed by atoms with Crippen molar-refractivity contribution in [3.63, 3.8) is 0 Å². The molecule has 0 bridgehead atoms. The molecule has 8 heteroatoms.